The minimum Gasteiger partial charge on any atom is -0.172 e. The number of hydrogen-bond acceptors (Lipinski definition) is 1. The molecule has 13 heavy (non-hydrogen) atoms. The fraction of sp³-hybridized carbons (Fsp3) is 0.300. The maximum absolute atomic E-state index is 5.96. The van der Waals surface area contributed by atoms with Gasteiger partial charge in [0, 0.05) is 23.1 Å². The van der Waals surface area contributed by atoms with Crippen LogP contribution in [0.2, 0.25) is 0 Å². The van der Waals surface area contributed by atoms with E-state index in [0.717, 1.165) is 5.52 Å². The molecule has 3 rings (SSSR count). The molecule has 0 atom stereocenters. The molecule has 1 heterocycles. The summed E-state index contributed by atoms with van der Waals surface area (Å²) in [5, 5.41) is 5.54. The van der Waals surface area contributed by atoms with Gasteiger partial charge < -0.3 is 0 Å². The molecule has 2 aromatic rings. The molecule has 0 bridgehead atoms. The number of fused-ring (bicyclic) bond motifs is 1. The molecule has 1 aromatic carbocycles. The van der Waals surface area contributed by atoms with Crippen LogP contribution in [-0.2, 0) is 0 Å². The van der Waals surface area contributed by atoms with Crippen LogP contribution in [0.1, 0.15) is 24.5 Å². The molecule has 0 amide bonds. The minimum absolute atomic E-state index is 0.657. The van der Waals surface area contributed by atoms with E-state index in [1.807, 2.05) is 18.2 Å². The fourth-order valence-electron chi connectivity index (χ4n) is 1.71. The normalized spacial score (nSPS) is 16.7. The van der Waals surface area contributed by atoms with Crippen molar-refractivity contribution in [1.29, 1.82) is 0 Å². The van der Waals surface area contributed by atoms with Gasteiger partial charge in [-0.1, -0.05) is 18.2 Å². The zero-order valence-corrected chi connectivity index (χ0v) is 7.83. The predicted octanol–water partition coefficient (Wildman–Crippen LogP) is 2.92. The van der Waals surface area contributed by atoms with Crippen LogP contribution in [0.5, 0.6) is 0 Å². The summed E-state index contributed by atoms with van der Waals surface area (Å²) in [6.07, 6.45) is 2.52. The third-order valence-corrected chi connectivity index (χ3v) is 2.80. The van der Waals surface area contributed by atoms with E-state index in [9.17, 15) is 0 Å². The van der Waals surface area contributed by atoms with E-state index in [1.165, 1.54) is 28.1 Å². The molecule has 1 aliphatic rings. The number of nitrogens with zero attached hydrogens (tertiary/aromatic N) is 2. The zero-order chi connectivity index (χ0) is 8.84. The van der Waals surface area contributed by atoms with Gasteiger partial charge in [-0.2, -0.15) is 9.30 Å². The van der Waals surface area contributed by atoms with Gasteiger partial charge in [-0.05, 0) is 18.9 Å². The topological polar surface area (TPSA) is 17.8 Å². The maximum Gasteiger partial charge on any atom is 0.0874 e. The van der Waals surface area contributed by atoms with Crippen LogP contribution in [0.3, 0.4) is 0 Å². The van der Waals surface area contributed by atoms with Crippen molar-refractivity contribution >= 4 is 22.7 Å². The van der Waals surface area contributed by atoms with Gasteiger partial charge in [-0.3, -0.25) is 0 Å². The SMILES string of the molecule is Cln1nc(C2CC2)c2ccccc21. The monoisotopic (exact) mass is 192 g/mol. The van der Waals surface area contributed by atoms with E-state index in [1.54, 1.807) is 0 Å². The summed E-state index contributed by atoms with van der Waals surface area (Å²) in [4.78, 5) is 0. The molecule has 66 valence electrons. The molecule has 2 nitrogen and oxygen atoms in total. The van der Waals surface area contributed by atoms with Gasteiger partial charge in [-0.15, -0.1) is 0 Å². The van der Waals surface area contributed by atoms with Crippen LogP contribution in [0.25, 0.3) is 10.9 Å². The Labute approximate surface area is 81.2 Å². The van der Waals surface area contributed by atoms with Crippen molar-refractivity contribution in [1.82, 2.24) is 9.30 Å². The highest BCUT2D eigenvalue weighted by Gasteiger charge is 2.28. The Balaban J connectivity index is 2.34. The number of aromatic nitrogens is 2. The first-order valence-electron chi connectivity index (χ1n) is 4.50. The lowest BCUT2D eigenvalue weighted by Crippen LogP contribution is -1.83. The number of para-hydroxylation sites is 1. The Morgan fingerprint density at radius 3 is 2.85 bits per heavy atom. The lowest BCUT2D eigenvalue weighted by molar-refractivity contribution is 0.931. The highest BCUT2D eigenvalue weighted by molar-refractivity contribution is 6.18. The number of rotatable bonds is 1. The van der Waals surface area contributed by atoms with Gasteiger partial charge in [0.1, 0.15) is 0 Å². The van der Waals surface area contributed by atoms with Gasteiger partial charge in [0.05, 0.1) is 11.2 Å². The Morgan fingerprint density at radius 1 is 1.31 bits per heavy atom. The fourth-order valence-corrected chi connectivity index (χ4v) is 1.94. The summed E-state index contributed by atoms with van der Waals surface area (Å²) >= 11 is 5.96. The molecule has 0 saturated heterocycles. The summed E-state index contributed by atoms with van der Waals surface area (Å²) in [5.41, 5.74) is 2.19. The second-order valence-electron chi connectivity index (χ2n) is 3.54. The van der Waals surface area contributed by atoms with Gasteiger partial charge >= 0.3 is 0 Å². The molecule has 3 heteroatoms. The first kappa shape index (κ1) is 7.39. The number of benzene rings is 1. The Morgan fingerprint density at radius 2 is 2.08 bits per heavy atom. The molecule has 0 spiro atoms. The van der Waals surface area contributed by atoms with Crippen LogP contribution in [0, 0.1) is 0 Å². The Kier molecular flexibility index (Phi) is 1.41. The van der Waals surface area contributed by atoms with Crippen molar-refractivity contribution in [3.63, 3.8) is 0 Å². The first-order valence-corrected chi connectivity index (χ1v) is 4.84. The minimum atomic E-state index is 0.657. The van der Waals surface area contributed by atoms with Gasteiger partial charge in [0.2, 0.25) is 0 Å². The van der Waals surface area contributed by atoms with Crippen LogP contribution in [-0.4, -0.2) is 9.30 Å². The van der Waals surface area contributed by atoms with Gasteiger partial charge in [0.25, 0.3) is 0 Å². The van der Waals surface area contributed by atoms with Crippen molar-refractivity contribution in [2.45, 2.75) is 18.8 Å². The maximum atomic E-state index is 5.96. The molecule has 1 aliphatic carbocycles. The molecular formula is C10H9ClN2. The average molecular weight is 193 g/mol. The number of halogens is 1. The van der Waals surface area contributed by atoms with E-state index in [2.05, 4.69) is 11.2 Å². The number of hydrogen-bond donors (Lipinski definition) is 0. The van der Waals surface area contributed by atoms with Crippen LogP contribution in [0.4, 0.5) is 0 Å². The second-order valence-corrected chi connectivity index (χ2v) is 3.86. The molecule has 0 unspecified atom stereocenters. The van der Waals surface area contributed by atoms with Crippen molar-refractivity contribution in [2.24, 2.45) is 0 Å². The van der Waals surface area contributed by atoms with E-state index in [0.29, 0.717) is 5.92 Å². The summed E-state index contributed by atoms with van der Waals surface area (Å²) in [7, 11) is 0. The molecule has 0 aliphatic heterocycles. The van der Waals surface area contributed by atoms with Crippen molar-refractivity contribution in [3.05, 3.63) is 30.0 Å². The largest absolute Gasteiger partial charge is 0.172 e. The molecule has 1 aromatic heterocycles. The summed E-state index contributed by atoms with van der Waals surface area (Å²) in [6.45, 7) is 0. The lowest BCUT2D eigenvalue weighted by atomic mass is 10.1. The van der Waals surface area contributed by atoms with Crippen molar-refractivity contribution in [3.8, 4) is 0 Å². The summed E-state index contributed by atoms with van der Waals surface area (Å²) < 4.78 is 1.46. The third-order valence-electron chi connectivity index (χ3n) is 2.54. The lowest BCUT2D eigenvalue weighted by Gasteiger charge is -1.90. The Bertz CT molecular complexity index is 457. The van der Waals surface area contributed by atoms with E-state index < -0.39 is 0 Å². The first-order chi connectivity index (χ1) is 6.36. The van der Waals surface area contributed by atoms with Crippen molar-refractivity contribution < 1.29 is 0 Å². The summed E-state index contributed by atoms with van der Waals surface area (Å²) in [6, 6.07) is 8.11. The molecule has 0 radical (unpaired) electrons. The van der Waals surface area contributed by atoms with E-state index in [-0.39, 0.29) is 0 Å². The molecular weight excluding hydrogens is 184 g/mol. The smallest absolute Gasteiger partial charge is 0.0874 e. The van der Waals surface area contributed by atoms with Gasteiger partial charge in [-0.25, -0.2) is 0 Å². The molecule has 1 fully saturated rings. The average Bonchev–Trinajstić information content (AvgIpc) is 2.94. The predicted molar refractivity (Wildman–Crippen MR) is 53.0 cm³/mol. The quantitative estimate of drug-likeness (QED) is 0.680. The highest BCUT2D eigenvalue weighted by atomic mass is 35.5. The van der Waals surface area contributed by atoms with Crippen molar-refractivity contribution in [2.75, 3.05) is 0 Å². The standard InChI is InChI=1S/C10H9ClN2/c11-13-9-4-2-1-3-8(9)10(12-13)7-5-6-7/h1-4,7H,5-6H2. The van der Waals surface area contributed by atoms with Crippen LogP contribution < -0.4 is 0 Å². The summed E-state index contributed by atoms with van der Waals surface area (Å²) in [5.74, 6) is 0.657. The zero-order valence-electron chi connectivity index (χ0n) is 7.07. The third kappa shape index (κ3) is 1.05. The molecule has 1 saturated carbocycles. The second kappa shape index (κ2) is 2.48. The molecule has 0 N–H and O–H groups in total. The van der Waals surface area contributed by atoms with Crippen LogP contribution >= 0.6 is 11.8 Å². The van der Waals surface area contributed by atoms with Gasteiger partial charge in [0.15, 0.2) is 0 Å². The highest BCUT2D eigenvalue weighted by Crippen LogP contribution is 2.42. The van der Waals surface area contributed by atoms with E-state index in [4.69, 9.17) is 11.8 Å². The Hall–Kier alpha value is -1.02. The van der Waals surface area contributed by atoms with E-state index >= 15 is 0 Å². The van der Waals surface area contributed by atoms with Crippen LogP contribution in [0.15, 0.2) is 24.3 Å².